The maximum absolute atomic E-state index is 10.1. The second-order valence-electron chi connectivity index (χ2n) is 6.92. The molecule has 28 heavy (non-hydrogen) atoms. The van der Waals surface area contributed by atoms with Gasteiger partial charge in [0.05, 0.1) is 6.61 Å². The van der Waals surface area contributed by atoms with Crippen LogP contribution in [0.3, 0.4) is 0 Å². The first-order valence-corrected chi connectivity index (χ1v) is 9.99. The van der Waals surface area contributed by atoms with Crippen molar-refractivity contribution in [3.63, 3.8) is 0 Å². The van der Waals surface area contributed by atoms with Crippen molar-refractivity contribution in [1.29, 1.82) is 0 Å². The quantitative estimate of drug-likeness (QED) is 0.398. The number of benzene rings is 2. The molecule has 2 rings (SSSR count). The highest BCUT2D eigenvalue weighted by Crippen LogP contribution is 2.34. The molecule has 0 aliphatic heterocycles. The summed E-state index contributed by atoms with van der Waals surface area (Å²) in [6.45, 7) is 10.6. The lowest BCUT2D eigenvalue weighted by atomic mass is 9.97. The van der Waals surface area contributed by atoms with Gasteiger partial charge in [-0.15, -0.1) is 13.2 Å². The van der Waals surface area contributed by atoms with E-state index in [2.05, 4.69) is 38.3 Å². The fourth-order valence-corrected chi connectivity index (χ4v) is 3.18. The number of phenolic OH excluding ortho intramolecular Hbond substituents is 1. The van der Waals surface area contributed by atoms with E-state index in [1.165, 1.54) is 31.2 Å². The Morgan fingerprint density at radius 1 is 0.929 bits per heavy atom. The van der Waals surface area contributed by atoms with Gasteiger partial charge in [-0.25, -0.2) is 0 Å². The van der Waals surface area contributed by atoms with Gasteiger partial charge in [0.2, 0.25) is 0 Å². The molecule has 0 aliphatic rings. The maximum atomic E-state index is 10.1. The zero-order valence-corrected chi connectivity index (χ0v) is 18.5. The van der Waals surface area contributed by atoms with Crippen LogP contribution >= 0.6 is 0 Å². The van der Waals surface area contributed by atoms with Gasteiger partial charge in [-0.1, -0.05) is 56.9 Å². The van der Waals surface area contributed by atoms with E-state index >= 15 is 0 Å². The van der Waals surface area contributed by atoms with Crippen LogP contribution < -0.4 is 21.7 Å². The molecule has 0 saturated carbocycles. The van der Waals surface area contributed by atoms with E-state index in [9.17, 15) is 5.11 Å². The van der Waals surface area contributed by atoms with Gasteiger partial charge in [0.25, 0.3) is 0 Å². The van der Waals surface area contributed by atoms with Crippen LogP contribution in [0.25, 0.3) is 11.1 Å². The van der Waals surface area contributed by atoms with E-state index in [-0.39, 0.29) is 17.0 Å². The molecule has 2 aromatic rings. The molecule has 0 aromatic heterocycles. The minimum absolute atomic E-state index is 0. The number of hydrogen-bond donors (Lipinski definition) is 1. The van der Waals surface area contributed by atoms with Crippen LogP contribution in [0.4, 0.5) is 0 Å². The topological polar surface area (TPSA) is 29.5 Å². The maximum Gasteiger partial charge on any atom is 0.127 e. The molecule has 152 valence electrons. The van der Waals surface area contributed by atoms with E-state index in [1.807, 2.05) is 18.2 Å². The van der Waals surface area contributed by atoms with Crippen molar-refractivity contribution in [2.75, 3.05) is 6.61 Å². The molecule has 0 saturated heterocycles. The van der Waals surface area contributed by atoms with Crippen molar-refractivity contribution in [3.8, 4) is 22.6 Å². The van der Waals surface area contributed by atoms with Crippen LogP contribution in [-0.4, -0.2) is 11.7 Å². The Morgan fingerprint density at radius 2 is 1.68 bits per heavy atom. The highest BCUT2D eigenvalue weighted by atomic mass is 79.9. The molecule has 0 unspecified atom stereocenters. The molecular weight excluding hydrogens is 412 g/mol. The van der Waals surface area contributed by atoms with Crippen molar-refractivity contribution in [2.24, 2.45) is 0 Å². The third kappa shape index (κ3) is 7.20. The Hall–Kier alpha value is -2.00. The monoisotopic (exact) mass is 443 g/mol. The lowest BCUT2D eigenvalue weighted by Gasteiger charge is -2.15. The SMILES string of the molecule is C=CCc1ccc(OCCCCCCC)c(-c2ccc(O)c(CC=C)c2)c1.[Br-]. The number of ether oxygens (including phenoxy) is 1. The summed E-state index contributed by atoms with van der Waals surface area (Å²) in [6.07, 6.45) is 11.3. The summed E-state index contributed by atoms with van der Waals surface area (Å²) >= 11 is 0. The first-order valence-electron chi connectivity index (χ1n) is 9.99. The number of allylic oxidation sites excluding steroid dienone is 2. The second-order valence-corrected chi connectivity index (χ2v) is 6.92. The van der Waals surface area contributed by atoms with E-state index in [0.717, 1.165) is 41.9 Å². The number of hydrogen-bond acceptors (Lipinski definition) is 2. The van der Waals surface area contributed by atoms with Crippen LogP contribution in [0.1, 0.15) is 50.2 Å². The van der Waals surface area contributed by atoms with Gasteiger partial charge >= 0.3 is 0 Å². The average Bonchev–Trinajstić information content (AvgIpc) is 2.67. The largest absolute Gasteiger partial charge is 1.00 e. The number of halogens is 1. The van der Waals surface area contributed by atoms with E-state index in [4.69, 9.17) is 4.74 Å². The summed E-state index contributed by atoms with van der Waals surface area (Å²) in [5, 5.41) is 10.1. The fourth-order valence-electron chi connectivity index (χ4n) is 3.18. The zero-order valence-electron chi connectivity index (χ0n) is 16.9. The van der Waals surface area contributed by atoms with Gasteiger partial charge in [0, 0.05) is 5.56 Å². The highest BCUT2D eigenvalue weighted by molar-refractivity contribution is 5.72. The van der Waals surface area contributed by atoms with Crippen LogP contribution in [0.5, 0.6) is 11.5 Å². The number of unbranched alkanes of at least 4 members (excludes halogenated alkanes) is 4. The Kier molecular flexibility index (Phi) is 11.4. The standard InChI is InChI=1S/C25H32O2.BrH/c1-4-7-8-9-10-17-27-25-16-13-20(11-5-2)18-23(25)21-14-15-24(26)22(19-21)12-6-3;/h5-6,13-16,18-19,26H,2-4,7-12,17H2,1H3;1H/p-1. The number of phenols is 1. The van der Waals surface area contributed by atoms with E-state index in [0.29, 0.717) is 12.2 Å². The minimum Gasteiger partial charge on any atom is -1.00 e. The van der Waals surface area contributed by atoms with Gasteiger partial charge in [0.15, 0.2) is 0 Å². The predicted octanol–water partition coefficient (Wildman–Crippen LogP) is 3.87. The Balaban J connectivity index is 0.00000392. The third-order valence-corrected chi connectivity index (χ3v) is 4.68. The molecule has 0 heterocycles. The molecule has 0 fully saturated rings. The summed E-state index contributed by atoms with van der Waals surface area (Å²) in [5.74, 6) is 1.20. The summed E-state index contributed by atoms with van der Waals surface area (Å²) in [4.78, 5) is 0. The van der Waals surface area contributed by atoms with Crippen molar-refractivity contribution in [2.45, 2.75) is 51.9 Å². The van der Waals surface area contributed by atoms with Gasteiger partial charge in [-0.2, -0.15) is 0 Å². The molecule has 1 N–H and O–H groups in total. The van der Waals surface area contributed by atoms with Crippen molar-refractivity contribution >= 4 is 0 Å². The van der Waals surface area contributed by atoms with E-state index in [1.54, 1.807) is 12.1 Å². The Bertz CT molecular complexity index is 752. The van der Waals surface area contributed by atoms with Crippen LogP contribution in [0.2, 0.25) is 0 Å². The lowest BCUT2D eigenvalue weighted by Crippen LogP contribution is -3.00. The zero-order chi connectivity index (χ0) is 19.5. The minimum atomic E-state index is 0. The van der Waals surface area contributed by atoms with Gasteiger partial charge in [0.1, 0.15) is 11.5 Å². The van der Waals surface area contributed by atoms with Crippen LogP contribution in [0, 0.1) is 0 Å². The van der Waals surface area contributed by atoms with Crippen LogP contribution in [-0.2, 0) is 12.8 Å². The summed E-state index contributed by atoms with van der Waals surface area (Å²) < 4.78 is 6.13. The first-order chi connectivity index (χ1) is 13.2. The summed E-state index contributed by atoms with van der Waals surface area (Å²) in [7, 11) is 0. The van der Waals surface area contributed by atoms with Gasteiger partial charge < -0.3 is 26.8 Å². The molecule has 0 atom stereocenters. The molecule has 0 amide bonds. The molecule has 0 bridgehead atoms. The molecule has 2 aromatic carbocycles. The number of aromatic hydroxyl groups is 1. The summed E-state index contributed by atoms with van der Waals surface area (Å²) in [6, 6.07) is 12.0. The summed E-state index contributed by atoms with van der Waals surface area (Å²) in [5.41, 5.74) is 4.19. The molecule has 3 heteroatoms. The molecule has 0 aliphatic carbocycles. The lowest BCUT2D eigenvalue weighted by molar-refractivity contribution is -0.00000701. The molecule has 0 radical (unpaired) electrons. The number of rotatable bonds is 12. The van der Waals surface area contributed by atoms with Crippen molar-refractivity contribution in [1.82, 2.24) is 0 Å². The van der Waals surface area contributed by atoms with Crippen molar-refractivity contribution in [3.05, 3.63) is 72.8 Å². The van der Waals surface area contributed by atoms with Gasteiger partial charge in [-0.05, 0) is 60.2 Å². The fraction of sp³-hybridized carbons (Fsp3) is 0.360. The molecular formula is C25H32BrO2-. The smallest absolute Gasteiger partial charge is 0.127 e. The normalized spacial score (nSPS) is 10.2. The van der Waals surface area contributed by atoms with E-state index < -0.39 is 0 Å². The van der Waals surface area contributed by atoms with Crippen molar-refractivity contribution < 1.29 is 26.8 Å². The molecule has 0 spiro atoms. The highest BCUT2D eigenvalue weighted by Gasteiger charge is 2.10. The third-order valence-electron chi connectivity index (χ3n) is 4.68. The predicted molar refractivity (Wildman–Crippen MR) is 116 cm³/mol. The van der Waals surface area contributed by atoms with Crippen LogP contribution in [0.15, 0.2) is 61.7 Å². The van der Waals surface area contributed by atoms with Gasteiger partial charge in [-0.3, -0.25) is 0 Å². The Morgan fingerprint density at radius 3 is 2.39 bits per heavy atom. The Labute approximate surface area is 180 Å². The second kappa shape index (κ2) is 13.2. The first kappa shape index (κ1) is 24.0. The average molecular weight is 444 g/mol. The molecule has 2 nitrogen and oxygen atoms in total.